The van der Waals surface area contributed by atoms with Gasteiger partial charge in [-0.05, 0) is 47.5 Å². The molecule has 12 aromatic rings. The Bertz CT molecular complexity index is 3470. The fourth-order valence-electron chi connectivity index (χ4n) is 8.24. The second kappa shape index (κ2) is 12.8. The molecule has 266 valence electrons. The van der Waals surface area contributed by atoms with Gasteiger partial charge in [-0.15, -0.1) is 22.7 Å². The normalized spacial score (nSPS) is 11.9. The third-order valence-electron chi connectivity index (χ3n) is 10.9. The van der Waals surface area contributed by atoms with E-state index in [4.69, 9.17) is 19.4 Å². The smallest absolute Gasteiger partial charge is 0.167 e. The van der Waals surface area contributed by atoms with Crippen LogP contribution in [-0.2, 0) is 0 Å². The first-order chi connectivity index (χ1) is 28.2. The first kappa shape index (κ1) is 32.3. The Morgan fingerprint density at radius 1 is 0.316 bits per heavy atom. The number of fused-ring (bicyclic) bond motifs is 9. The maximum Gasteiger partial charge on any atom is 0.167 e. The van der Waals surface area contributed by atoms with E-state index in [1.165, 1.54) is 51.5 Å². The molecule has 0 saturated carbocycles. The molecule has 57 heavy (non-hydrogen) atoms. The van der Waals surface area contributed by atoms with Crippen molar-refractivity contribution in [3.8, 4) is 56.4 Å². The van der Waals surface area contributed by atoms with Gasteiger partial charge in [0, 0.05) is 73.4 Å². The summed E-state index contributed by atoms with van der Waals surface area (Å²) in [6.07, 6.45) is 0. The number of rotatable bonds is 5. The molecule has 0 bridgehead atoms. The summed E-state index contributed by atoms with van der Waals surface area (Å²) in [5.41, 5.74) is 8.87. The molecule has 12 rings (SSSR count). The summed E-state index contributed by atoms with van der Waals surface area (Å²) in [6.45, 7) is 0. The zero-order chi connectivity index (χ0) is 37.5. The summed E-state index contributed by atoms with van der Waals surface area (Å²) in [5.74, 6) is 1.80. The molecule has 0 aliphatic rings. The summed E-state index contributed by atoms with van der Waals surface area (Å²) in [5, 5.41) is 7.20. The van der Waals surface area contributed by atoms with Crippen LogP contribution in [0.2, 0.25) is 0 Å². The van der Waals surface area contributed by atoms with E-state index in [0.29, 0.717) is 17.5 Å². The van der Waals surface area contributed by atoms with Crippen molar-refractivity contribution in [3.63, 3.8) is 0 Å². The van der Waals surface area contributed by atoms with Crippen molar-refractivity contribution in [3.05, 3.63) is 176 Å². The maximum absolute atomic E-state index is 7.08. The predicted octanol–water partition coefficient (Wildman–Crippen LogP) is 14.8. The van der Waals surface area contributed by atoms with Crippen molar-refractivity contribution in [1.29, 1.82) is 0 Å². The number of hydrogen-bond donors (Lipinski definition) is 0. The summed E-state index contributed by atoms with van der Waals surface area (Å²) in [6, 6.07) is 62.0. The van der Waals surface area contributed by atoms with E-state index in [1.54, 1.807) is 0 Å². The fraction of sp³-hybridized carbons (Fsp3) is 0. The van der Waals surface area contributed by atoms with E-state index in [0.717, 1.165) is 49.8 Å². The molecule has 0 N–H and O–H groups in total. The minimum atomic E-state index is 0.569. The standard InChI is InChI=1S/C51H29N3OS2/c1-3-13-30(14-4-1)49-52-50(31-15-5-2-6-16-31)54-51(53-49)40-22-12-20-38-37-19-11-21-39(46(37)55-47(38)40)42-28-33(27-41-35-18-8-10-24-44(35)57-48(41)42)32-25-26-36-34-17-7-9-23-43(34)56-45(36)29-32/h1-29H. The van der Waals surface area contributed by atoms with Crippen LogP contribution in [0.4, 0.5) is 0 Å². The van der Waals surface area contributed by atoms with Crippen molar-refractivity contribution in [2.75, 3.05) is 0 Å². The van der Waals surface area contributed by atoms with Crippen LogP contribution in [-0.4, -0.2) is 15.0 Å². The summed E-state index contributed by atoms with van der Waals surface area (Å²) >= 11 is 3.70. The van der Waals surface area contributed by atoms with Crippen LogP contribution in [0.15, 0.2) is 180 Å². The van der Waals surface area contributed by atoms with Crippen molar-refractivity contribution in [2.45, 2.75) is 0 Å². The summed E-state index contributed by atoms with van der Waals surface area (Å²) < 4.78 is 12.2. The van der Waals surface area contributed by atoms with E-state index in [9.17, 15) is 0 Å². The number of para-hydroxylation sites is 2. The van der Waals surface area contributed by atoms with Gasteiger partial charge in [0.25, 0.3) is 0 Å². The quantitative estimate of drug-likeness (QED) is 0.175. The van der Waals surface area contributed by atoms with Gasteiger partial charge in [-0.3, -0.25) is 0 Å². The Morgan fingerprint density at radius 2 is 0.860 bits per heavy atom. The van der Waals surface area contributed by atoms with Gasteiger partial charge in [0.2, 0.25) is 0 Å². The zero-order valence-corrected chi connectivity index (χ0v) is 31.9. The molecule has 6 heteroatoms. The summed E-state index contributed by atoms with van der Waals surface area (Å²) in [7, 11) is 0. The lowest BCUT2D eigenvalue weighted by molar-refractivity contribution is 0.670. The Balaban J connectivity index is 1.09. The molecule has 0 aliphatic carbocycles. The molecule has 8 aromatic carbocycles. The van der Waals surface area contributed by atoms with E-state index < -0.39 is 0 Å². The van der Waals surface area contributed by atoms with Gasteiger partial charge < -0.3 is 4.42 Å². The first-order valence-corrected chi connectivity index (χ1v) is 20.6. The minimum absolute atomic E-state index is 0.569. The van der Waals surface area contributed by atoms with Gasteiger partial charge in [0.15, 0.2) is 17.5 Å². The Kier molecular flexibility index (Phi) is 7.24. The highest BCUT2D eigenvalue weighted by Crippen LogP contribution is 2.47. The predicted molar refractivity (Wildman–Crippen MR) is 240 cm³/mol. The van der Waals surface area contributed by atoms with Crippen LogP contribution < -0.4 is 0 Å². The fourth-order valence-corrected chi connectivity index (χ4v) is 10.6. The van der Waals surface area contributed by atoms with Crippen LogP contribution in [0.5, 0.6) is 0 Å². The lowest BCUT2D eigenvalue weighted by atomic mass is 9.94. The molecule has 0 saturated heterocycles. The molecule has 0 amide bonds. The molecule has 0 atom stereocenters. The number of hydrogen-bond acceptors (Lipinski definition) is 6. The zero-order valence-electron chi connectivity index (χ0n) is 30.3. The van der Waals surface area contributed by atoms with Gasteiger partial charge in [0.1, 0.15) is 11.2 Å². The molecule has 0 unspecified atom stereocenters. The van der Waals surface area contributed by atoms with Crippen LogP contribution in [0, 0.1) is 0 Å². The van der Waals surface area contributed by atoms with Crippen LogP contribution >= 0.6 is 22.7 Å². The van der Waals surface area contributed by atoms with Crippen molar-refractivity contribution in [1.82, 2.24) is 15.0 Å². The van der Waals surface area contributed by atoms with Crippen molar-refractivity contribution in [2.24, 2.45) is 0 Å². The van der Waals surface area contributed by atoms with Crippen LogP contribution in [0.1, 0.15) is 0 Å². The minimum Gasteiger partial charge on any atom is -0.455 e. The second-order valence-corrected chi connectivity index (χ2v) is 16.4. The van der Waals surface area contributed by atoms with Gasteiger partial charge in [0.05, 0.1) is 5.56 Å². The third kappa shape index (κ3) is 5.22. The number of thiophene rings is 2. The number of furan rings is 1. The van der Waals surface area contributed by atoms with Crippen LogP contribution in [0.25, 0.3) is 119 Å². The molecular formula is C51H29N3OS2. The molecule has 0 spiro atoms. The molecular weight excluding hydrogens is 735 g/mol. The number of nitrogens with zero attached hydrogens (tertiary/aromatic N) is 3. The second-order valence-electron chi connectivity index (χ2n) is 14.3. The highest BCUT2D eigenvalue weighted by Gasteiger charge is 2.22. The highest BCUT2D eigenvalue weighted by molar-refractivity contribution is 7.26. The largest absolute Gasteiger partial charge is 0.455 e. The average molecular weight is 764 g/mol. The van der Waals surface area contributed by atoms with Gasteiger partial charge in [-0.1, -0.05) is 140 Å². The molecule has 4 nitrogen and oxygen atoms in total. The monoisotopic (exact) mass is 763 g/mol. The Labute approximate surface area is 335 Å². The molecule has 4 heterocycles. The lowest BCUT2D eigenvalue weighted by Crippen LogP contribution is -2.00. The van der Waals surface area contributed by atoms with E-state index in [2.05, 4.69) is 115 Å². The van der Waals surface area contributed by atoms with Crippen LogP contribution in [0.3, 0.4) is 0 Å². The average Bonchev–Trinajstić information content (AvgIpc) is 3.98. The topological polar surface area (TPSA) is 51.8 Å². The Hall–Kier alpha value is -6.99. The van der Waals surface area contributed by atoms with E-state index >= 15 is 0 Å². The van der Waals surface area contributed by atoms with Gasteiger partial charge in [-0.25, -0.2) is 15.0 Å². The number of benzene rings is 8. The van der Waals surface area contributed by atoms with Crippen molar-refractivity contribution < 1.29 is 4.42 Å². The Morgan fingerprint density at radius 3 is 1.56 bits per heavy atom. The van der Waals surface area contributed by atoms with Gasteiger partial charge >= 0.3 is 0 Å². The lowest BCUT2D eigenvalue weighted by Gasteiger charge is -2.10. The molecule has 0 radical (unpaired) electrons. The molecule has 0 fully saturated rings. The van der Waals surface area contributed by atoms with Crippen molar-refractivity contribution >= 4 is 85.0 Å². The third-order valence-corrected chi connectivity index (χ3v) is 13.3. The SMILES string of the molecule is c1ccc(-c2nc(-c3ccccc3)nc(-c3cccc4c3oc3c(-c5cc(-c6ccc7c(c6)sc6ccccc67)cc6c5sc5ccccc56)cccc34)n2)cc1. The summed E-state index contributed by atoms with van der Waals surface area (Å²) in [4.78, 5) is 15.1. The molecule has 0 aliphatic heterocycles. The maximum atomic E-state index is 7.08. The number of aromatic nitrogens is 3. The van der Waals surface area contributed by atoms with Gasteiger partial charge in [-0.2, -0.15) is 0 Å². The van der Waals surface area contributed by atoms with E-state index in [-0.39, 0.29) is 0 Å². The molecule has 4 aromatic heterocycles. The highest BCUT2D eigenvalue weighted by atomic mass is 32.1. The van der Waals surface area contributed by atoms with E-state index in [1.807, 2.05) is 83.3 Å². The first-order valence-electron chi connectivity index (χ1n) is 18.9.